The van der Waals surface area contributed by atoms with Gasteiger partial charge in [-0.25, -0.2) is 22.7 Å². The summed E-state index contributed by atoms with van der Waals surface area (Å²) in [6.45, 7) is 4.96. The Balaban J connectivity index is 1.73. The van der Waals surface area contributed by atoms with Crippen molar-refractivity contribution in [3.05, 3.63) is 23.7 Å². The molecule has 1 N–H and O–H groups in total. The van der Waals surface area contributed by atoms with Gasteiger partial charge in [-0.05, 0) is 32.8 Å². The van der Waals surface area contributed by atoms with Crippen LogP contribution in [-0.2, 0) is 10.0 Å². The van der Waals surface area contributed by atoms with Crippen molar-refractivity contribution in [2.75, 3.05) is 24.7 Å². The summed E-state index contributed by atoms with van der Waals surface area (Å²) in [4.78, 5) is 13.4. The Bertz CT molecular complexity index is 829. The zero-order valence-electron chi connectivity index (χ0n) is 13.6. The highest BCUT2D eigenvalue weighted by Crippen LogP contribution is 2.19. The van der Waals surface area contributed by atoms with Crippen LogP contribution >= 0.6 is 0 Å². The molecule has 0 aromatic carbocycles. The van der Waals surface area contributed by atoms with Crippen molar-refractivity contribution in [1.29, 1.82) is 0 Å². The fourth-order valence-corrected chi connectivity index (χ4v) is 3.82. The van der Waals surface area contributed by atoms with E-state index in [0.717, 1.165) is 35.1 Å². The van der Waals surface area contributed by atoms with E-state index < -0.39 is 10.0 Å². The van der Waals surface area contributed by atoms with Crippen molar-refractivity contribution in [1.82, 2.24) is 19.3 Å². The van der Waals surface area contributed by atoms with Crippen LogP contribution in [0.4, 0.5) is 5.95 Å². The number of sulfonamides is 1. The molecule has 3 rings (SSSR count). The Labute approximate surface area is 136 Å². The molecule has 124 valence electrons. The van der Waals surface area contributed by atoms with Crippen LogP contribution in [0.2, 0.25) is 0 Å². The summed E-state index contributed by atoms with van der Waals surface area (Å²) in [5, 5.41) is 4.29. The molecule has 2 aromatic heterocycles. The number of hydrogen-bond acceptors (Lipinski definition) is 6. The van der Waals surface area contributed by atoms with Crippen LogP contribution in [-0.4, -0.2) is 53.1 Å². The fourth-order valence-electron chi connectivity index (χ4n) is 2.95. The number of anilines is 1. The second-order valence-corrected chi connectivity index (χ2v) is 8.04. The molecule has 0 radical (unpaired) electrons. The number of aromatic nitrogens is 3. The number of nitrogens with zero attached hydrogens (tertiary/aromatic N) is 4. The third kappa shape index (κ3) is 3.59. The Morgan fingerprint density at radius 1 is 1.22 bits per heavy atom. The lowest BCUT2D eigenvalue weighted by atomic mass is 10.1. The summed E-state index contributed by atoms with van der Waals surface area (Å²) < 4.78 is 24.6. The van der Waals surface area contributed by atoms with Gasteiger partial charge in [0.1, 0.15) is 0 Å². The van der Waals surface area contributed by atoms with E-state index in [-0.39, 0.29) is 6.04 Å². The molecular formula is C15H21N5O2S. The van der Waals surface area contributed by atoms with Gasteiger partial charge in [-0.15, -0.1) is 0 Å². The maximum absolute atomic E-state index is 11.5. The van der Waals surface area contributed by atoms with Crippen molar-refractivity contribution in [2.45, 2.75) is 32.7 Å². The quantitative estimate of drug-likeness (QED) is 0.914. The van der Waals surface area contributed by atoms with Crippen LogP contribution in [0.1, 0.15) is 24.2 Å². The van der Waals surface area contributed by atoms with Crippen molar-refractivity contribution in [3.8, 4) is 0 Å². The minimum Gasteiger partial charge on any atom is -0.351 e. The molecule has 3 heterocycles. The average molecular weight is 335 g/mol. The maximum Gasteiger partial charge on any atom is 0.223 e. The Morgan fingerprint density at radius 2 is 1.91 bits per heavy atom. The van der Waals surface area contributed by atoms with Crippen molar-refractivity contribution < 1.29 is 8.42 Å². The average Bonchev–Trinajstić information content (AvgIpc) is 2.47. The molecule has 1 saturated heterocycles. The highest BCUT2D eigenvalue weighted by molar-refractivity contribution is 7.88. The molecule has 1 aliphatic heterocycles. The Morgan fingerprint density at radius 3 is 2.57 bits per heavy atom. The highest BCUT2D eigenvalue weighted by atomic mass is 32.2. The Kier molecular flexibility index (Phi) is 4.20. The lowest BCUT2D eigenvalue weighted by Crippen LogP contribution is -2.42. The first-order valence-electron chi connectivity index (χ1n) is 7.65. The number of piperidine rings is 1. The van der Waals surface area contributed by atoms with E-state index in [1.165, 1.54) is 10.6 Å². The molecule has 8 heteroatoms. The monoisotopic (exact) mass is 335 g/mol. The van der Waals surface area contributed by atoms with Crippen molar-refractivity contribution in [3.63, 3.8) is 0 Å². The van der Waals surface area contributed by atoms with Crippen LogP contribution in [0.3, 0.4) is 0 Å². The molecule has 0 spiro atoms. The molecule has 23 heavy (non-hydrogen) atoms. The first-order chi connectivity index (χ1) is 10.8. The summed E-state index contributed by atoms with van der Waals surface area (Å²) in [6, 6.07) is 2.15. The lowest BCUT2D eigenvalue weighted by molar-refractivity contribution is 0.331. The number of fused-ring (bicyclic) bond motifs is 1. The van der Waals surface area contributed by atoms with E-state index in [1.807, 2.05) is 19.9 Å². The predicted molar refractivity (Wildman–Crippen MR) is 89.9 cm³/mol. The number of pyridine rings is 1. The molecule has 0 aliphatic carbocycles. The summed E-state index contributed by atoms with van der Waals surface area (Å²) in [7, 11) is -3.09. The first-order valence-corrected chi connectivity index (χ1v) is 9.50. The van der Waals surface area contributed by atoms with Gasteiger partial charge in [0.05, 0.1) is 17.5 Å². The smallest absolute Gasteiger partial charge is 0.223 e. The molecular weight excluding hydrogens is 314 g/mol. The number of rotatable bonds is 3. The van der Waals surface area contributed by atoms with Gasteiger partial charge in [0, 0.05) is 36.4 Å². The second kappa shape index (κ2) is 6.01. The lowest BCUT2D eigenvalue weighted by Gasteiger charge is -2.30. The summed E-state index contributed by atoms with van der Waals surface area (Å²) in [6.07, 6.45) is 4.56. The van der Waals surface area contributed by atoms with Gasteiger partial charge in [0.15, 0.2) is 0 Å². The third-order valence-electron chi connectivity index (χ3n) is 4.12. The minimum atomic E-state index is -3.09. The zero-order valence-corrected chi connectivity index (χ0v) is 14.4. The summed E-state index contributed by atoms with van der Waals surface area (Å²) in [5.74, 6) is 0.573. The van der Waals surface area contributed by atoms with Gasteiger partial charge in [0.25, 0.3) is 0 Å². The molecule has 7 nitrogen and oxygen atoms in total. The van der Waals surface area contributed by atoms with Gasteiger partial charge in [-0.2, -0.15) is 0 Å². The molecule has 1 aliphatic rings. The van der Waals surface area contributed by atoms with E-state index in [0.29, 0.717) is 19.0 Å². The number of hydrogen-bond donors (Lipinski definition) is 1. The van der Waals surface area contributed by atoms with Gasteiger partial charge in [-0.1, -0.05) is 0 Å². The van der Waals surface area contributed by atoms with Gasteiger partial charge in [0.2, 0.25) is 16.0 Å². The topological polar surface area (TPSA) is 88.1 Å². The van der Waals surface area contributed by atoms with Crippen molar-refractivity contribution in [2.24, 2.45) is 0 Å². The minimum absolute atomic E-state index is 0.184. The largest absolute Gasteiger partial charge is 0.351 e. The Hall–Kier alpha value is -1.80. The highest BCUT2D eigenvalue weighted by Gasteiger charge is 2.25. The first kappa shape index (κ1) is 16.1. The van der Waals surface area contributed by atoms with Gasteiger partial charge in [-0.3, -0.25) is 4.98 Å². The molecule has 2 aromatic rings. The third-order valence-corrected chi connectivity index (χ3v) is 5.43. The van der Waals surface area contributed by atoms with Crippen LogP contribution < -0.4 is 5.32 Å². The standard InChI is InChI=1S/C15H21N5O2S/c1-10-8-12-9-16-15(19-14(12)11(2)17-10)18-13-4-6-20(7-5-13)23(3,21)22/h8-9,13H,4-7H2,1-3H3,(H,16,18,19). The molecule has 1 fully saturated rings. The van der Waals surface area contributed by atoms with E-state index in [1.54, 1.807) is 6.20 Å². The second-order valence-electron chi connectivity index (χ2n) is 6.06. The zero-order chi connectivity index (χ0) is 16.6. The van der Waals surface area contributed by atoms with Crippen LogP contribution in [0.25, 0.3) is 10.9 Å². The number of nitrogens with one attached hydrogen (secondary N) is 1. The van der Waals surface area contributed by atoms with E-state index in [2.05, 4.69) is 20.3 Å². The van der Waals surface area contributed by atoms with Crippen LogP contribution in [0.15, 0.2) is 12.3 Å². The van der Waals surface area contributed by atoms with Gasteiger partial charge < -0.3 is 5.32 Å². The van der Waals surface area contributed by atoms with Crippen molar-refractivity contribution >= 4 is 26.9 Å². The van der Waals surface area contributed by atoms with E-state index in [4.69, 9.17) is 0 Å². The van der Waals surface area contributed by atoms with E-state index >= 15 is 0 Å². The van der Waals surface area contributed by atoms with Crippen LogP contribution in [0.5, 0.6) is 0 Å². The van der Waals surface area contributed by atoms with E-state index in [9.17, 15) is 8.42 Å². The molecule has 0 amide bonds. The van der Waals surface area contributed by atoms with Gasteiger partial charge >= 0.3 is 0 Å². The molecule has 0 saturated carbocycles. The predicted octanol–water partition coefficient (Wildman–Crippen LogP) is 1.48. The van der Waals surface area contributed by atoms with Crippen LogP contribution in [0, 0.1) is 13.8 Å². The number of aryl methyl sites for hydroxylation is 2. The maximum atomic E-state index is 11.5. The normalized spacial score (nSPS) is 17.5. The molecule has 0 bridgehead atoms. The molecule has 0 unspecified atom stereocenters. The summed E-state index contributed by atoms with van der Waals surface area (Å²) >= 11 is 0. The fraction of sp³-hybridized carbons (Fsp3) is 0.533. The SMILES string of the molecule is Cc1cc2cnc(NC3CCN(S(C)(=O)=O)CC3)nc2c(C)n1. The summed E-state index contributed by atoms with van der Waals surface area (Å²) in [5.41, 5.74) is 2.69. The molecule has 0 atom stereocenters.